The minimum atomic E-state index is -0.449. The SMILES string of the molecule is O=C(CNC(=O)c1ccccc1)NNC(=S)NCc1ccc(F)cc1. The molecule has 0 heterocycles. The summed E-state index contributed by atoms with van der Waals surface area (Å²) in [6, 6.07) is 14.5. The van der Waals surface area contributed by atoms with E-state index in [1.165, 1.54) is 12.1 Å². The van der Waals surface area contributed by atoms with Gasteiger partial charge in [0.15, 0.2) is 5.11 Å². The third-order valence-electron chi connectivity index (χ3n) is 3.13. The number of carbonyl (C=O) groups is 2. The van der Waals surface area contributed by atoms with Crippen molar-refractivity contribution in [3.05, 3.63) is 71.5 Å². The van der Waals surface area contributed by atoms with Crippen LogP contribution in [0.5, 0.6) is 0 Å². The molecule has 4 N–H and O–H groups in total. The molecule has 0 unspecified atom stereocenters. The van der Waals surface area contributed by atoms with Gasteiger partial charge >= 0.3 is 0 Å². The van der Waals surface area contributed by atoms with Crippen LogP contribution in [0.1, 0.15) is 15.9 Å². The van der Waals surface area contributed by atoms with Crippen molar-refractivity contribution in [1.29, 1.82) is 0 Å². The molecule has 2 aromatic carbocycles. The molecule has 25 heavy (non-hydrogen) atoms. The van der Waals surface area contributed by atoms with Crippen molar-refractivity contribution in [3.63, 3.8) is 0 Å². The molecule has 6 nitrogen and oxygen atoms in total. The van der Waals surface area contributed by atoms with Crippen molar-refractivity contribution >= 4 is 29.1 Å². The summed E-state index contributed by atoms with van der Waals surface area (Å²) in [6.45, 7) is 0.189. The van der Waals surface area contributed by atoms with E-state index in [9.17, 15) is 14.0 Å². The number of amides is 2. The average molecular weight is 360 g/mol. The number of hydrogen-bond donors (Lipinski definition) is 4. The van der Waals surface area contributed by atoms with Crippen LogP contribution in [0, 0.1) is 5.82 Å². The molecular formula is C17H17FN4O2S. The smallest absolute Gasteiger partial charge is 0.257 e. The lowest BCUT2D eigenvalue weighted by Crippen LogP contribution is -2.49. The first-order chi connectivity index (χ1) is 12.0. The van der Waals surface area contributed by atoms with E-state index >= 15 is 0 Å². The average Bonchev–Trinajstić information content (AvgIpc) is 2.64. The molecule has 0 aliphatic heterocycles. The van der Waals surface area contributed by atoms with E-state index in [0.717, 1.165) is 5.56 Å². The second kappa shape index (κ2) is 9.33. The van der Waals surface area contributed by atoms with Gasteiger partial charge < -0.3 is 10.6 Å². The quantitative estimate of drug-likeness (QED) is 0.477. The van der Waals surface area contributed by atoms with E-state index in [2.05, 4.69) is 21.5 Å². The van der Waals surface area contributed by atoms with E-state index in [4.69, 9.17) is 12.2 Å². The summed E-state index contributed by atoms with van der Waals surface area (Å²) >= 11 is 5.01. The molecule has 0 saturated heterocycles. The first-order valence-corrected chi connectivity index (χ1v) is 7.86. The molecule has 0 radical (unpaired) electrons. The van der Waals surface area contributed by atoms with Gasteiger partial charge in [-0.1, -0.05) is 30.3 Å². The summed E-state index contributed by atoms with van der Waals surface area (Å²) in [6.07, 6.45) is 0. The maximum absolute atomic E-state index is 12.8. The molecule has 0 spiro atoms. The number of thiocarbonyl (C=S) groups is 1. The molecule has 0 atom stereocenters. The molecule has 0 aliphatic rings. The Morgan fingerprint density at radius 3 is 2.28 bits per heavy atom. The zero-order chi connectivity index (χ0) is 18.1. The minimum absolute atomic E-state index is 0.193. The van der Waals surface area contributed by atoms with Gasteiger partial charge in [-0.25, -0.2) is 4.39 Å². The van der Waals surface area contributed by atoms with Gasteiger partial charge in [0.2, 0.25) is 0 Å². The molecule has 2 amide bonds. The van der Waals surface area contributed by atoms with Crippen LogP contribution < -0.4 is 21.5 Å². The number of benzene rings is 2. The molecule has 2 rings (SSSR count). The zero-order valence-electron chi connectivity index (χ0n) is 13.2. The zero-order valence-corrected chi connectivity index (χ0v) is 14.0. The Labute approximate surface area is 149 Å². The van der Waals surface area contributed by atoms with Crippen LogP contribution in [0.15, 0.2) is 54.6 Å². The van der Waals surface area contributed by atoms with Crippen LogP contribution in [0.2, 0.25) is 0 Å². The van der Waals surface area contributed by atoms with Gasteiger partial charge in [-0.3, -0.25) is 20.4 Å². The van der Waals surface area contributed by atoms with Crippen LogP contribution in [-0.4, -0.2) is 23.5 Å². The van der Waals surface area contributed by atoms with E-state index in [-0.39, 0.29) is 23.4 Å². The van der Waals surface area contributed by atoms with Gasteiger partial charge in [-0.05, 0) is 42.0 Å². The van der Waals surface area contributed by atoms with Crippen LogP contribution in [0.3, 0.4) is 0 Å². The minimum Gasteiger partial charge on any atom is -0.357 e. The molecule has 0 saturated carbocycles. The number of halogens is 1. The number of rotatable bonds is 5. The lowest BCUT2D eigenvalue weighted by atomic mass is 10.2. The third kappa shape index (κ3) is 6.56. The normalized spacial score (nSPS) is 9.80. The fourth-order valence-corrected chi connectivity index (χ4v) is 1.97. The highest BCUT2D eigenvalue weighted by molar-refractivity contribution is 7.80. The Morgan fingerprint density at radius 1 is 0.920 bits per heavy atom. The molecule has 0 aliphatic carbocycles. The molecule has 0 fully saturated rings. The Hall–Kier alpha value is -3.00. The summed E-state index contributed by atoms with van der Waals surface area (Å²) in [5, 5.41) is 5.56. The largest absolute Gasteiger partial charge is 0.357 e. The van der Waals surface area contributed by atoms with Crippen LogP contribution >= 0.6 is 12.2 Å². The number of carbonyl (C=O) groups excluding carboxylic acids is 2. The third-order valence-corrected chi connectivity index (χ3v) is 3.37. The Bertz CT molecular complexity index is 738. The van der Waals surface area contributed by atoms with Gasteiger partial charge in [0.1, 0.15) is 5.82 Å². The van der Waals surface area contributed by atoms with Crippen LogP contribution in [-0.2, 0) is 11.3 Å². The van der Waals surface area contributed by atoms with Crippen molar-refractivity contribution in [2.24, 2.45) is 0 Å². The topological polar surface area (TPSA) is 82.3 Å². The van der Waals surface area contributed by atoms with Crippen molar-refractivity contribution in [2.75, 3.05) is 6.54 Å². The molecular weight excluding hydrogens is 343 g/mol. The van der Waals surface area contributed by atoms with Gasteiger partial charge in [0.25, 0.3) is 11.8 Å². The lowest BCUT2D eigenvalue weighted by molar-refractivity contribution is -0.120. The van der Waals surface area contributed by atoms with Gasteiger partial charge in [0, 0.05) is 12.1 Å². The van der Waals surface area contributed by atoms with E-state index in [0.29, 0.717) is 12.1 Å². The predicted molar refractivity (Wildman–Crippen MR) is 95.9 cm³/mol. The maximum Gasteiger partial charge on any atom is 0.257 e. The lowest BCUT2D eigenvalue weighted by Gasteiger charge is -2.12. The Morgan fingerprint density at radius 2 is 1.60 bits per heavy atom. The van der Waals surface area contributed by atoms with Gasteiger partial charge in [0.05, 0.1) is 6.54 Å². The number of hydrogen-bond acceptors (Lipinski definition) is 3. The standard InChI is InChI=1S/C17H17FN4O2S/c18-14-8-6-12(7-9-14)10-20-17(25)22-21-15(23)11-19-16(24)13-4-2-1-3-5-13/h1-9H,10-11H2,(H,19,24)(H,21,23)(H2,20,22,25). The molecule has 2 aromatic rings. The summed E-state index contributed by atoms with van der Waals surface area (Å²) in [5.74, 6) is -1.10. The summed E-state index contributed by atoms with van der Waals surface area (Å²) < 4.78 is 12.8. The first-order valence-electron chi connectivity index (χ1n) is 7.45. The van der Waals surface area contributed by atoms with Crippen LogP contribution in [0.25, 0.3) is 0 Å². The highest BCUT2D eigenvalue weighted by Crippen LogP contribution is 2.01. The van der Waals surface area contributed by atoms with E-state index in [1.54, 1.807) is 42.5 Å². The highest BCUT2D eigenvalue weighted by atomic mass is 32.1. The number of hydrazine groups is 1. The van der Waals surface area contributed by atoms with Crippen molar-refractivity contribution < 1.29 is 14.0 Å². The first kappa shape index (κ1) is 18.3. The van der Waals surface area contributed by atoms with Crippen molar-refractivity contribution in [1.82, 2.24) is 21.5 Å². The monoisotopic (exact) mass is 360 g/mol. The highest BCUT2D eigenvalue weighted by Gasteiger charge is 2.07. The molecule has 0 bridgehead atoms. The fraction of sp³-hybridized carbons (Fsp3) is 0.118. The second-order valence-corrected chi connectivity index (χ2v) is 5.44. The number of nitrogens with one attached hydrogen (secondary N) is 4. The van der Waals surface area contributed by atoms with Crippen molar-refractivity contribution in [3.8, 4) is 0 Å². The Balaban J connectivity index is 1.64. The summed E-state index contributed by atoms with van der Waals surface area (Å²) in [7, 11) is 0. The second-order valence-electron chi connectivity index (χ2n) is 5.03. The van der Waals surface area contributed by atoms with Gasteiger partial charge in [-0.15, -0.1) is 0 Å². The van der Waals surface area contributed by atoms with Gasteiger partial charge in [-0.2, -0.15) is 0 Å². The fourth-order valence-electron chi connectivity index (χ4n) is 1.85. The molecule has 130 valence electrons. The van der Waals surface area contributed by atoms with E-state index < -0.39 is 5.91 Å². The van der Waals surface area contributed by atoms with Crippen LogP contribution in [0.4, 0.5) is 4.39 Å². The summed E-state index contributed by atoms with van der Waals surface area (Å²) in [5.41, 5.74) is 6.20. The Kier molecular flexibility index (Phi) is 6.85. The predicted octanol–water partition coefficient (Wildman–Crippen LogP) is 1.25. The molecule has 0 aromatic heterocycles. The van der Waals surface area contributed by atoms with Crippen molar-refractivity contribution in [2.45, 2.75) is 6.54 Å². The summed E-state index contributed by atoms with van der Waals surface area (Å²) in [4.78, 5) is 23.5. The maximum atomic E-state index is 12.8. The molecule has 8 heteroatoms. The van der Waals surface area contributed by atoms with E-state index in [1.807, 2.05) is 0 Å².